The van der Waals surface area contributed by atoms with Crippen molar-refractivity contribution in [2.75, 3.05) is 13.1 Å². The Kier molecular flexibility index (Phi) is 67.6. The van der Waals surface area contributed by atoms with Crippen LogP contribution in [-0.4, -0.2) is 137 Å². The summed E-state index contributed by atoms with van der Waals surface area (Å²) in [6, 6.07) is 17.2. The lowest BCUT2D eigenvalue weighted by Gasteiger charge is -2.25. The lowest BCUT2D eigenvalue weighted by Crippen LogP contribution is -2.46. The van der Waals surface area contributed by atoms with Crippen LogP contribution in [0.5, 0.6) is 0 Å². The molecule has 1 aliphatic carbocycles. The number of ketones is 6. The fourth-order valence-corrected chi connectivity index (χ4v) is 11.3. The molecule has 19 heteroatoms. The van der Waals surface area contributed by atoms with Crippen LogP contribution >= 0.6 is 0 Å². The van der Waals surface area contributed by atoms with Crippen molar-refractivity contribution < 1.29 is 38.4 Å². The summed E-state index contributed by atoms with van der Waals surface area (Å²) < 4.78 is 0. The van der Waals surface area contributed by atoms with Gasteiger partial charge in [-0.1, -0.05) is 287 Å². The van der Waals surface area contributed by atoms with Crippen molar-refractivity contribution in [1.82, 2.24) is 47.5 Å². The molecule has 0 saturated carbocycles. The zero-order valence-corrected chi connectivity index (χ0v) is 67.6. The van der Waals surface area contributed by atoms with E-state index in [4.69, 9.17) is 11.5 Å². The van der Waals surface area contributed by atoms with E-state index in [1.807, 2.05) is 129 Å². The smallest absolute Gasteiger partial charge is 0.312 e. The zero-order valence-electron chi connectivity index (χ0n) is 67.6. The average Bonchev–Trinajstić information content (AvgIpc) is 1.68. The molecule has 0 unspecified atom stereocenters. The standard InChI is InChI=1S/C18H25NO.C17H24N2O.2C12H25N3O2.2C11H23NO.6CH4/c1-12(2)18(20)17(19-13(3)4)11-15-10-9-14-7-5-6-8-16(14)15;1-11(2)17(20)16(19-12(3)4)9-13-10-18-15-8-6-5-7-14(13)15;2*1-8(2)11(16)10(15-9(3)4)6-5-7-14-12(13)17;2*1-7(2)10(12-9(5)6)11(13)8(3)4;;;;;;/h5-8,10,12-13,17,19H,9,11H2,1-4H3;5-8,10-12,16,18-19H,9H2,1-4H3;2*8-10,15H,5-7H2,1-4H3,(H3,13,14,17);2*7-10,12H,1-6H3;6*1H4/t17-;16-;4*10-;;;;;;/m000000....../s1. The third-order valence-electron chi connectivity index (χ3n) is 16.3. The van der Waals surface area contributed by atoms with Gasteiger partial charge in [0.2, 0.25) is 0 Å². The summed E-state index contributed by atoms with van der Waals surface area (Å²) in [5.41, 5.74) is 16.3. The highest BCUT2D eigenvalue weighted by Gasteiger charge is 2.29. The Labute approximate surface area is 651 Å². The molecule has 4 rings (SSSR count). The summed E-state index contributed by atoms with van der Waals surface area (Å²) in [7, 11) is 0. The van der Waals surface area contributed by atoms with Gasteiger partial charge in [0.15, 0.2) is 34.7 Å². The highest BCUT2D eigenvalue weighted by molar-refractivity contribution is 5.90. The number of nitrogens with one attached hydrogen (secondary N) is 9. The normalized spacial score (nSPS) is 13.0. The van der Waals surface area contributed by atoms with Gasteiger partial charge in [-0.3, -0.25) is 28.8 Å². The van der Waals surface area contributed by atoms with E-state index in [0.717, 1.165) is 50.5 Å². The Morgan fingerprint density at radius 3 is 1.00 bits per heavy atom. The van der Waals surface area contributed by atoms with Crippen molar-refractivity contribution in [3.8, 4) is 0 Å². The highest BCUT2D eigenvalue weighted by atomic mass is 16.2. The molecule has 0 bridgehead atoms. The number of urea groups is 2. The lowest BCUT2D eigenvalue weighted by atomic mass is 9.92. The first-order valence-electron chi connectivity index (χ1n) is 37.6. The number of benzene rings is 2. The summed E-state index contributed by atoms with van der Waals surface area (Å²) in [5.74, 6) is 2.84. The van der Waals surface area contributed by atoms with Crippen molar-refractivity contribution in [2.24, 2.45) is 58.8 Å². The topological polar surface area (TPSA) is 301 Å². The van der Waals surface area contributed by atoms with Gasteiger partial charge in [-0.05, 0) is 85.1 Å². The molecule has 620 valence electrons. The fourth-order valence-electron chi connectivity index (χ4n) is 11.3. The van der Waals surface area contributed by atoms with Gasteiger partial charge in [-0.2, -0.15) is 0 Å². The van der Waals surface area contributed by atoms with Crippen LogP contribution in [-0.2, 0) is 41.6 Å². The van der Waals surface area contributed by atoms with Gasteiger partial charge in [0.05, 0.1) is 36.3 Å². The third kappa shape index (κ3) is 49.9. The van der Waals surface area contributed by atoms with E-state index in [0.29, 0.717) is 66.4 Å². The SMILES string of the molecule is C.C.C.C.C.C.CC(C)N[C@@H](CC1=CCc2ccccc21)C(=O)C(C)C.CC(C)N[C@@H](CCCNC(N)=O)C(=O)C(C)C.CC(C)N[C@@H](CCCNC(N)=O)C(=O)C(C)C.CC(C)N[C@@H](Cc1c[nH]c2ccccc12)C(=O)C(C)C.CC(C)N[C@H](C(=O)C(C)C)C(C)C.CC(C)N[C@H](C(=O)C(C)C)C(C)C. The lowest BCUT2D eigenvalue weighted by molar-refractivity contribution is -0.125. The summed E-state index contributed by atoms with van der Waals surface area (Å²) >= 11 is 0. The van der Waals surface area contributed by atoms with Crippen LogP contribution in [0.4, 0.5) is 9.59 Å². The number of hydrogen-bond acceptors (Lipinski definition) is 14. The minimum Gasteiger partial charge on any atom is -0.361 e. The van der Waals surface area contributed by atoms with Crippen molar-refractivity contribution in [1.29, 1.82) is 0 Å². The number of para-hydroxylation sites is 1. The van der Waals surface area contributed by atoms with Crippen LogP contribution in [0.15, 0.2) is 60.8 Å². The van der Waals surface area contributed by atoms with Crippen LogP contribution in [0.1, 0.15) is 287 Å². The van der Waals surface area contributed by atoms with Gasteiger partial charge in [0.25, 0.3) is 0 Å². The number of primary amides is 2. The van der Waals surface area contributed by atoms with Gasteiger partial charge in [-0.25, -0.2) is 9.59 Å². The molecule has 0 fully saturated rings. The van der Waals surface area contributed by atoms with Gasteiger partial charge in [0, 0.05) is 102 Å². The molecule has 3 aromatic rings. The maximum Gasteiger partial charge on any atom is 0.312 e. The van der Waals surface area contributed by atoms with Crippen molar-refractivity contribution in [3.05, 3.63) is 77.5 Å². The molecule has 2 aromatic carbocycles. The maximum absolute atomic E-state index is 12.4. The minimum absolute atomic E-state index is 0. The second-order valence-electron chi connectivity index (χ2n) is 31.1. The van der Waals surface area contributed by atoms with Crippen LogP contribution < -0.4 is 54.0 Å². The van der Waals surface area contributed by atoms with E-state index < -0.39 is 12.1 Å². The molecular weight excluding hydrogens is 1330 g/mol. The maximum atomic E-state index is 12.4. The molecule has 0 spiro atoms. The number of rotatable bonds is 38. The number of amides is 4. The largest absolute Gasteiger partial charge is 0.361 e. The van der Waals surface area contributed by atoms with Crippen molar-refractivity contribution in [2.45, 2.75) is 356 Å². The Hall–Kier alpha value is -5.96. The number of fused-ring (bicyclic) bond motifs is 2. The monoisotopic (exact) mass is 1500 g/mol. The second-order valence-corrected chi connectivity index (χ2v) is 31.1. The van der Waals surface area contributed by atoms with E-state index in [1.54, 1.807) is 0 Å². The van der Waals surface area contributed by atoms with Gasteiger partial charge in [-0.15, -0.1) is 0 Å². The first-order valence-corrected chi connectivity index (χ1v) is 37.6. The second kappa shape index (κ2) is 61.9. The van der Waals surface area contributed by atoms with Gasteiger partial charge in [0.1, 0.15) is 0 Å². The molecule has 106 heavy (non-hydrogen) atoms. The van der Waals surface area contributed by atoms with E-state index in [1.165, 1.54) is 27.6 Å². The van der Waals surface area contributed by atoms with Crippen LogP contribution in [0.3, 0.4) is 0 Å². The number of allylic oxidation sites excluding steroid dienone is 1. The molecule has 13 N–H and O–H groups in total. The molecule has 1 aromatic heterocycles. The predicted octanol–water partition coefficient (Wildman–Crippen LogP) is 17.2. The molecule has 1 heterocycles. The molecule has 6 atom stereocenters. The molecule has 1 aliphatic rings. The van der Waals surface area contributed by atoms with Crippen LogP contribution in [0, 0.1) is 47.3 Å². The molecule has 0 aliphatic heterocycles. The summed E-state index contributed by atoms with van der Waals surface area (Å²) in [6.45, 7) is 57.4. The number of aromatic amines is 1. The third-order valence-corrected chi connectivity index (χ3v) is 16.3. The molecule has 0 radical (unpaired) electrons. The first-order chi connectivity index (χ1) is 46.4. The van der Waals surface area contributed by atoms with Crippen LogP contribution in [0.2, 0.25) is 0 Å². The molecular formula is C87H169N11O8. The molecule has 19 nitrogen and oxygen atoms in total. The van der Waals surface area contributed by atoms with Crippen LogP contribution in [0.25, 0.3) is 16.5 Å². The quantitative estimate of drug-likeness (QED) is 0.0238. The average molecular weight is 1500 g/mol. The Morgan fingerprint density at radius 2 is 0.679 bits per heavy atom. The number of nitrogens with two attached hydrogens (primary N) is 2. The zero-order chi connectivity index (χ0) is 77.4. The molecule has 4 amide bonds. The minimum atomic E-state index is -0.520. The van der Waals surface area contributed by atoms with E-state index in [-0.39, 0.29) is 146 Å². The number of H-pyrrole nitrogens is 1. The summed E-state index contributed by atoms with van der Waals surface area (Å²) in [5, 5.41) is 26.2. The van der Waals surface area contributed by atoms with Gasteiger partial charge >= 0.3 is 12.1 Å². The van der Waals surface area contributed by atoms with E-state index in [9.17, 15) is 38.4 Å². The number of carbonyl (C=O) groups excluding carboxylic acids is 8. The highest BCUT2D eigenvalue weighted by Crippen LogP contribution is 2.31. The summed E-state index contributed by atoms with van der Waals surface area (Å²) in [6.07, 6.45) is 9.74. The number of carbonyl (C=O) groups is 8. The van der Waals surface area contributed by atoms with Crippen molar-refractivity contribution >= 4 is 63.2 Å². The van der Waals surface area contributed by atoms with Crippen molar-refractivity contribution in [3.63, 3.8) is 0 Å². The fraction of sp³-hybridized carbons (Fsp3) is 0.724. The number of aromatic nitrogens is 1. The van der Waals surface area contributed by atoms with Gasteiger partial charge < -0.3 is 59.0 Å². The predicted molar refractivity (Wildman–Crippen MR) is 460 cm³/mol. The first kappa shape index (κ1) is 116. The Balaban J connectivity index is -0.000000181. The molecule has 0 saturated heterocycles. The number of hydrogen-bond donors (Lipinski definition) is 11. The summed E-state index contributed by atoms with van der Waals surface area (Å²) in [4.78, 5) is 96.4. The number of Topliss-reactive ketones (excluding diaryl/α,β-unsaturated/α-hetero) is 6. The Morgan fingerprint density at radius 1 is 0.377 bits per heavy atom. The van der Waals surface area contributed by atoms with E-state index >= 15 is 0 Å². The van der Waals surface area contributed by atoms with E-state index in [2.05, 4.69) is 173 Å². The Bertz CT molecular complexity index is 2780.